The predicted octanol–water partition coefficient (Wildman–Crippen LogP) is 25.7. The number of hydrogen-bond acceptors (Lipinski definition) is 6. The van der Waals surface area contributed by atoms with Gasteiger partial charge in [0.25, 0.3) is 0 Å². The molecule has 14 rings (SSSR count). The van der Waals surface area contributed by atoms with Crippen LogP contribution in [-0.2, 0) is 0 Å². The number of anilines is 3. The molecule has 99 heavy (non-hydrogen) atoms. The Hall–Kier alpha value is -10.1. The fourth-order valence-electron chi connectivity index (χ4n) is 12.6. The maximum Gasteiger partial charge on any atom is 0.0716 e. The molecule has 11 aromatic carbocycles. The van der Waals surface area contributed by atoms with E-state index in [2.05, 4.69) is 250 Å². The molecule has 492 valence electrons. The molecule has 0 saturated heterocycles. The Balaban J connectivity index is 0.000000142. The van der Waals surface area contributed by atoms with Crippen LogP contribution in [0.25, 0.3) is 122 Å². The molecule has 0 unspecified atom stereocenters. The summed E-state index contributed by atoms with van der Waals surface area (Å²) in [5.74, 6) is 0. The van der Waals surface area contributed by atoms with Crippen molar-refractivity contribution in [1.82, 2.24) is 15.0 Å². The van der Waals surface area contributed by atoms with Crippen LogP contribution in [0.3, 0.4) is 0 Å². The predicted molar refractivity (Wildman–Crippen MR) is 427 cm³/mol. The second-order valence-corrected chi connectivity index (χ2v) is 25.9. The number of hydrogen-bond donors (Lipinski definition) is 0. The van der Waals surface area contributed by atoms with Gasteiger partial charge in [0.1, 0.15) is 0 Å². The molecule has 3 heterocycles. The van der Waals surface area contributed by atoms with Crippen molar-refractivity contribution in [2.24, 2.45) is 0 Å². The van der Waals surface area contributed by atoms with Crippen LogP contribution in [0, 0.1) is 0 Å². The molecular formula is C89H78Cl4N6. The van der Waals surface area contributed by atoms with Gasteiger partial charge in [-0.1, -0.05) is 204 Å². The third kappa shape index (κ3) is 16.9. The number of aromatic nitrogens is 3. The summed E-state index contributed by atoms with van der Waals surface area (Å²) in [6.07, 6.45) is 0. The van der Waals surface area contributed by atoms with E-state index in [4.69, 9.17) is 61.4 Å². The molecule has 0 aliphatic rings. The second-order valence-electron chi connectivity index (χ2n) is 24.2. The van der Waals surface area contributed by atoms with Crippen molar-refractivity contribution in [2.75, 3.05) is 54.0 Å². The van der Waals surface area contributed by atoms with Crippen LogP contribution in [0.5, 0.6) is 0 Å². The van der Waals surface area contributed by atoms with Gasteiger partial charge < -0.3 is 14.7 Å². The van der Waals surface area contributed by atoms with E-state index in [9.17, 15) is 0 Å². The maximum absolute atomic E-state index is 6.25. The minimum atomic E-state index is 0.692. The van der Waals surface area contributed by atoms with Crippen molar-refractivity contribution in [2.45, 2.75) is 41.5 Å². The number of rotatable bonds is 18. The zero-order valence-corrected chi connectivity index (χ0v) is 59.7. The lowest BCUT2D eigenvalue weighted by Crippen LogP contribution is -2.21. The average molecular weight is 1370 g/mol. The highest BCUT2D eigenvalue weighted by Gasteiger charge is 2.16. The first kappa shape index (κ1) is 68.9. The molecule has 0 saturated carbocycles. The van der Waals surface area contributed by atoms with Gasteiger partial charge in [-0.25, -0.2) is 15.0 Å². The zero-order chi connectivity index (χ0) is 68.8. The molecule has 14 aromatic rings. The van der Waals surface area contributed by atoms with E-state index in [0.717, 1.165) is 129 Å². The topological polar surface area (TPSA) is 48.4 Å². The molecule has 3 aromatic heterocycles. The van der Waals surface area contributed by atoms with Crippen molar-refractivity contribution >= 4 is 85.0 Å². The van der Waals surface area contributed by atoms with E-state index in [0.29, 0.717) is 20.1 Å². The van der Waals surface area contributed by atoms with Gasteiger partial charge >= 0.3 is 0 Å². The summed E-state index contributed by atoms with van der Waals surface area (Å²) >= 11 is 24.7. The Morgan fingerprint density at radius 3 is 0.737 bits per heavy atom. The van der Waals surface area contributed by atoms with E-state index in [-0.39, 0.29) is 0 Å². The second kappa shape index (κ2) is 32.5. The number of nitrogens with zero attached hydrogens (tertiary/aromatic N) is 6. The average Bonchev–Trinajstić information content (AvgIpc) is 0.820. The minimum absolute atomic E-state index is 0.692. The van der Waals surface area contributed by atoms with E-state index in [1.54, 1.807) is 0 Å². The number of benzene rings is 11. The van der Waals surface area contributed by atoms with Gasteiger partial charge in [-0.2, -0.15) is 0 Å². The van der Waals surface area contributed by atoms with Crippen LogP contribution in [0.15, 0.2) is 291 Å². The molecule has 0 spiro atoms. The van der Waals surface area contributed by atoms with Crippen LogP contribution in [0.1, 0.15) is 41.5 Å². The van der Waals surface area contributed by atoms with Crippen LogP contribution in [0.2, 0.25) is 20.1 Å². The summed E-state index contributed by atoms with van der Waals surface area (Å²) in [5, 5.41) is 7.74. The van der Waals surface area contributed by atoms with Gasteiger partial charge in [-0.3, -0.25) is 0 Å². The van der Waals surface area contributed by atoms with Crippen LogP contribution < -0.4 is 14.7 Å². The Labute approximate surface area is 603 Å². The summed E-state index contributed by atoms with van der Waals surface area (Å²) in [4.78, 5) is 22.1. The number of fused-ring (bicyclic) bond motifs is 2. The van der Waals surface area contributed by atoms with E-state index in [1.807, 2.05) is 97.1 Å². The van der Waals surface area contributed by atoms with Gasteiger partial charge in [0.2, 0.25) is 0 Å². The van der Waals surface area contributed by atoms with Crippen molar-refractivity contribution < 1.29 is 0 Å². The van der Waals surface area contributed by atoms with Crippen molar-refractivity contribution in [3.63, 3.8) is 0 Å². The third-order valence-corrected chi connectivity index (χ3v) is 19.0. The lowest BCUT2D eigenvalue weighted by Gasteiger charge is -2.21. The molecule has 0 N–H and O–H groups in total. The first-order chi connectivity index (χ1) is 48.3. The summed E-state index contributed by atoms with van der Waals surface area (Å²) in [7, 11) is 0. The van der Waals surface area contributed by atoms with E-state index in [1.165, 1.54) is 49.7 Å². The molecule has 6 nitrogen and oxygen atoms in total. The molecule has 10 heteroatoms. The van der Waals surface area contributed by atoms with Gasteiger partial charge in [-0.05, 0) is 230 Å². The lowest BCUT2D eigenvalue weighted by atomic mass is 9.97. The van der Waals surface area contributed by atoms with Crippen molar-refractivity contribution in [3.05, 3.63) is 311 Å². The zero-order valence-electron chi connectivity index (χ0n) is 56.7. The highest BCUT2D eigenvalue weighted by molar-refractivity contribution is 6.31. The van der Waals surface area contributed by atoms with E-state index >= 15 is 0 Å². The molecule has 0 aliphatic heterocycles. The number of pyridine rings is 3. The standard InChI is InChI=1S/C35H30N2.2C27H24Cl2N2/c1-3-37(4-2)33-19-17-27(18-20-33)32-23-34(30-15-13-25-9-5-7-11-28(25)21-30)36-35(24-32)31-16-14-26-10-6-8-12-29(26)22-31;1-3-31(4-2)25-15-9-19(10-16-25)22-17-26(20-5-11-23(28)12-6-20)30-27(18-22)21-7-13-24(29)14-8-21;1-3-31(4-2)25-13-11-19(12-14-25)22-17-26(20-7-5-9-23(28)15-20)30-27(18-22)21-8-6-10-24(29)16-21/h5-24H,3-4H2,1-2H3;2*5-18H,3-4H2,1-2H3. The highest BCUT2D eigenvalue weighted by Crippen LogP contribution is 2.38. The van der Waals surface area contributed by atoms with Crippen LogP contribution in [0.4, 0.5) is 17.1 Å². The first-order valence-corrected chi connectivity index (χ1v) is 35.5. The molecule has 0 amide bonds. The molecule has 0 aliphatic carbocycles. The molecular weight excluding hydrogens is 1290 g/mol. The summed E-state index contributed by atoms with van der Waals surface area (Å²) < 4.78 is 0. The maximum atomic E-state index is 6.25. The largest absolute Gasteiger partial charge is 0.372 e. The van der Waals surface area contributed by atoms with Crippen LogP contribution in [-0.4, -0.2) is 54.2 Å². The smallest absolute Gasteiger partial charge is 0.0716 e. The molecule has 0 fully saturated rings. The van der Waals surface area contributed by atoms with Gasteiger partial charge in [-0.15, -0.1) is 0 Å². The van der Waals surface area contributed by atoms with E-state index < -0.39 is 0 Å². The lowest BCUT2D eigenvalue weighted by molar-refractivity contribution is 0.866. The van der Waals surface area contributed by atoms with Crippen LogP contribution >= 0.6 is 46.4 Å². The van der Waals surface area contributed by atoms with Gasteiger partial charge in [0.15, 0.2) is 0 Å². The first-order valence-electron chi connectivity index (χ1n) is 34.0. The summed E-state index contributed by atoms with van der Waals surface area (Å²) in [6.45, 7) is 19.1. The Morgan fingerprint density at radius 1 is 0.202 bits per heavy atom. The monoisotopic (exact) mass is 1370 g/mol. The summed E-state index contributed by atoms with van der Waals surface area (Å²) in [6, 6.07) is 101. The van der Waals surface area contributed by atoms with Crippen molar-refractivity contribution in [3.8, 4) is 101 Å². The summed E-state index contributed by atoms with van der Waals surface area (Å²) in [5.41, 5.74) is 22.4. The van der Waals surface area contributed by atoms with Gasteiger partial charge in [0, 0.05) is 110 Å². The SMILES string of the molecule is CCN(CC)c1ccc(-c2cc(-c3ccc(Cl)cc3)nc(-c3ccc(Cl)cc3)c2)cc1.CCN(CC)c1ccc(-c2cc(-c3ccc4ccccc4c3)nc(-c3ccc4ccccc4c3)c2)cc1.CCN(CC)c1ccc(-c2cc(-c3cccc(Cl)c3)nc(-c3cccc(Cl)c3)c2)cc1. The molecule has 0 atom stereocenters. The molecule has 0 bridgehead atoms. The Bertz CT molecular complexity index is 4800. The number of halogens is 4. The Morgan fingerprint density at radius 2 is 0.455 bits per heavy atom. The Kier molecular flexibility index (Phi) is 22.6. The fraction of sp³-hybridized carbons (Fsp3) is 0.135. The molecule has 0 radical (unpaired) electrons. The van der Waals surface area contributed by atoms with Gasteiger partial charge in [0.05, 0.1) is 34.2 Å². The fourth-order valence-corrected chi connectivity index (χ4v) is 13.2. The quantitative estimate of drug-likeness (QED) is 0.0853. The highest BCUT2D eigenvalue weighted by atomic mass is 35.5. The van der Waals surface area contributed by atoms with Crippen molar-refractivity contribution in [1.29, 1.82) is 0 Å². The minimum Gasteiger partial charge on any atom is -0.372 e. The normalized spacial score (nSPS) is 11.0. The third-order valence-electron chi connectivity index (χ3n) is 18.1.